The first-order chi connectivity index (χ1) is 17.9. The number of aromatic hydroxyl groups is 1. The van der Waals surface area contributed by atoms with Crippen LogP contribution in [0.25, 0.3) is 11.3 Å². The minimum absolute atomic E-state index is 0.00176. The summed E-state index contributed by atoms with van der Waals surface area (Å²) in [4.78, 5) is 38.3. The Labute approximate surface area is 215 Å². The number of phenolic OH excluding ortho intramolecular Hbond substituents is 1. The SMILES string of the molecule is CCC(Nc1c(Nc2cccc(C(=O)N(C)C)c2O)c(=O)c1=O)c1ccc(-c2ccccc2C(F)(F)F)o1. The van der Waals surface area contributed by atoms with Gasteiger partial charge in [0.25, 0.3) is 16.8 Å². The summed E-state index contributed by atoms with van der Waals surface area (Å²) in [6.07, 6.45) is -4.21. The van der Waals surface area contributed by atoms with Crippen LogP contribution in [0, 0.1) is 0 Å². The maximum atomic E-state index is 13.5. The van der Waals surface area contributed by atoms with Crippen molar-refractivity contribution in [3.63, 3.8) is 0 Å². The molecule has 0 spiro atoms. The number of halogens is 3. The number of alkyl halides is 3. The van der Waals surface area contributed by atoms with Gasteiger partial charge in [-0.05, 0) is 36.8 Å². The average molecular weight is 527 g/mol. The third-order valence-corrected chi connectivity index (χ3v) is 6.04. The second kappa shape index (κ2) is 10.1. The fraction of sp³-hybridized carbons (Fsp3) is 0.222. The lowest BCUT2D eigenvalue weighted by atomic mass is 10.1. The molecule has 4 aromatic rings. The fourth-order valence-corrected chi connectivity index (χ4v) is 4.02. The number of nitrogens with zero attached hydrogens (tertiary/aromatic N) is 1. The van der Waals surface area contributed by atoms with Crippen molar-refractivity contribution in [2.45, 2.75) is 25.6 Å². The Balaban J connectivity index is 1.61. The molecule has 0 radical (unpaired) electrons. The smallest absolute Gasteiger partial charge is 0.417 e. The lowest BCUT2D eigenvalue weighted by Gasteiger charge is -2.21. The molecule has 0 aliphatic rings. The van der Waals surface area contributed by atoms with E-state index in [1.165, 1.54) is 67.5 Å². The van der Waals surface area contributed by atoms with Crippen LogP contribution >= 0.6 is 0 Å². The number of hydrogen-bond acceptors (Lipinski definition) is 7. The van der Waals surface area contributed by atoms with E-state index >= 15 is 0 Å². The van der Waals surface area contributed by atoms with Gasteiger partial charge < -0.3 is 25.1 Å². The normalized spacial score (nSPS) is 12.4. The molecule has 1 atom stereocenters. The molecule has 0 saturated carbocycles. The van der Waals surface area contributed by atoms with Crippen molar-refractivity contribution in [3.05, 3.63) is 91.9 Å². The van der Waals surface area contributed by atoms with E-state index < -0.39 is 40.3 Å². The molecule has 11 heteroatoms. The number of carbonyl (C=O) groups is 1. The fourth-order valence-electron chi connectivity index (χ4n) is 4.02. The Bertz CT molecular complexity index is 1570. The van der Waals surface area contributed by atoms with Crippen molar-refractivity contribution in [3.8, 4) is 17.1 Å². The number of benzene rings is 2. The zero-order valence-corrected chi connectivity index (χ0v) is 20.6. The second-order valence-electron chi connectivity index (χ2n) is 8.79. The summed E-state index contributed by atoms with van der Waals surface area (Å²) in [6.45, 7) is 1.77. The molecule has 38 heavy (non-hydrogen) atoms. The molecule has 4 rings (SSSR count). The quantitative estimate of drug-likeness (QED) is 0.211. The van der Waals surface area contributed by atoms with Crippen molar-refractivity contribution < 1.29 is 27.5 Å². The van der Waals surface area contributed by atoms with E-state index in [2.05, 4.69) is 10.6 Å². The maximum Gasteiger partial charge on any atom is 0.417 e. The number of hydrogen-bond donors (Lipinski definition) is 3. The van der Waals surface area contributed by atoms with Crippen molar-refractivity contribution in [2.24, 2.45) is 0 Å². The first-order valence-electron chi connectivity index (χ1n) is 11.6. The molecule has 1 aromatic heterocycles. The number of phenols is 1. The largest absolute Gasteiger partial charge is 0.505 e. The van der Waals surface area contributed by atoms with Gasteiger partial charge in [0.05, 0.1) is 22.9 Å². The van der Waals surface area contributed by atoms with Gasteiger partial charge in [-0.2, -0.15) is 13.2 Å². The van der Waals surface area contributed by atoms with Crippen LogP contribution < -0.4 is 21.5 Å². The predicted molar refractivity (Wildman–Crippen MR) is 137 cm³/mol. The molecule has 198 valence electrons. The summed E-state index contributed by atoms with van der Waals surface area (Å²) >= 11 is 0. The number of anilines is 3. The Morgan fingerprint density at radius 2 is 1.68 bits per heavy atom. The standard InChI is InChI=1S/C27H24F3N3O5/c1-4-17(20-13-12-19(38-20)14-8-5-6-10-16(14)27(28,29)30)31-21-22(25(36)24(21)35)32-18-11-7-9-15(23(18)34)26(37)33(2)3/h5-13,17,31-32,34H,4H2,1-3H3. The van der Waals surface area contributed by atoms with Crippen LogP contribution in [0.1, 0.15) is 41.1 Å². The zero-order valence-electron chi connectivity index (χ0n) is 20.6. The van der Waals surface area contributed by atoms with Crippen molar-refractivity contribution in [1.29, 1.82) is 0 Å². The van der Waals surface area contributed by atoms with Gasteiger partial charge >= 0.3 is 6.18 Å². The van der Waals surface area contributed by atoms with Crippen LogP contribution in [0.2, 0.25) is 0 Å². The highest BCUT2D eigenvalue weighted by Gasteiger charge is 2.34. The molecule has 0 bridgehead atoms. The van der Waals surface area contributed by atoms with Crippen LogP contribution in [0.15, 0.2) is 68.6 Å². The van der Waals surface area contributed by atoms with E-state index in [1.54, 1.807) is 6.92 Å². The lowest BCUT2D eigenvalue weighted by Crippen LogP contribution is -2.37. The van der Waals surface area contributed by atoms with Crippen molar-refractivity contribution in [1.82, 2.24) is 4.90 Å². The van der Waals surface area contributed by atoms with Gasteiger partial charge in [-0.1, -0.05) is 31.2 Å². The number of para-hydroxylation sites is 1. The van der Waals surface area contributed by atoms with Gasteiger partial charge in [0.15, 0.2) is 5.75 Å². The summed E-state index contributed by atoms with van der Waals surface area (Å²) in [5.74, 6) is -0.582. The number of rotatable bonds is 8. The molecular formula is C27H24F3N3O5. The molecule has 1 unspecified atom stereocenters. The molecule has 1 heterocycles. The van der Waals surface area contributed by atoms with Crippen molar-refractivity contribution >= 4 is 23.0 Å². The number of furan rings is 1. The molecule has 8 nitrogen and oxygen atoms in total. The monoisotopic (exact) mass is 527 g/mol. The third kappa shape index (κ3) is 4.86. The van der Waals surface area contributed by atoms with Gasteiger partial charge in [0.1, 0.15) is 22.9 Å². The number of amides is 1. The van der Waals surface area contributed by atoms with Gasteiger partial charge in [-0.25, -0.2) is 0 Å². The van der Waals surface area contributed by atoms with Gasteiger partial charge in [0.2, 0.25) is 0 Å². The second-order valence-corrected chi connectivity index (χ2v) is 8.79. The minimum Gasteiger partial charge on any atom is -0.505 e. The van der Waals surface area contributed by atoms with E-state index in [-0.39, 0.29) is 39.7 Å². The van der Waals surface area contributed by atoms with E-state index in [0.717, 1.165) is 6.07 Å². The summed E-state index contributed by atoms with van der Waals surface area (Å²) in [6, 6.07) is 11.7. The van der Waals surface area contributed by atoms with Crippen LogP contribution in [-0.2, 0) is 6.18 Å². The minimum atomic E-state index is -4.57. The Morgan fingerprint density at radius 3 is 2.34 bits per heavy atom. The molecule has 0 aliphatic carbocycles. The molecule has 0 aliphatic heterocycles. The highest BCUT2D eigenvalue weighted by atomic mass is 19.4. The molecular weight excluding hydrogens is 503 g/mol. The van der Waals surface area contributed by atoms with E-state index in [1.807, 2.05) is 0 Å². The average Bonchev–Trinajstić information content (AvgIpc) is 3.38. The van der Waals surface area contributed by atoms with Crippen LogP contribution in [0.4, 0.5) is 30.2 Å². The van der Waals surface area contributed by atoms with Gasteiger partial charge in [-0.15, -0.1) is 0 Å². The molecule has 0 saturated heterocycles. The summed E-state index contributed by atoms with van der Waals surface area (Å²) in [7, 11) is 3.04. The first kappa shape index (κ1) is 26.5. The van der Waals surface area contributed by atoms with Gasteiger partial charge in [0, 0.05) is 19.7 Å². The summed E-state index contributed by atoms with van der Waals surface area (Å²) in [5, 5.41) is 16.2. The van der Waals surface area contributed by atoms with Crippen molar-refractivity contribution in [2.75, 3.05) is 24.7 Å². The van der Waals surface area contributed by atoms with Crippen LogP contribution in [0.3, 0.4) is 0 Å². The maximum absolute atomic E-state index is 13.5. The third-order valence-electron chi connectivity index (χ3n) is 6.04. The lowest BCUT2D eigenvalue weighted by molar-refractivity contribution is -0.137. The Morgan fingerprint density at radius 1 is 1.00 bits per heavy atom. The summed E-state index contributed by atoms with van der Waals surface area (Å²) in [5.41, 5.74) is -2.74. The van der Waals surface area contributed by atoms with Crippen LogP contribution in [0.5, 0.6) is 5.75 Å². The number of carbonyl (C=O) groups excluding carboxylic acids is 1. The zero-order chi connectivity index (χ0) is 27.8. The summed E-state index contributed by atoms with van der Waals surface area (Å²) < 4.78 is 46.1. The number of nitrogens with one attached hydrogen (secondary N) is 2. The van der Waals surface area contributed by atoms with E-state index in [4.69, 9.17) is 4.42 Å². The van der Waals surface area contributed by atoms with Gasteiger partial charge in [-0.3, -0.25) is 14.4 Å². The van der Waals surface area contributed by atoms with Crippen LogP contribution in [-0.4, -0.2) is 30.0 Å². The highest BCUT2D eigenvalue weighted by Crippen LogP contribution is 2.39. The van der Waals surface area contributed by atoms with E-state index in [9.17, 15) is 32.7 Å². The molecule has 1 amide bonds. The highest BCUT2D eigenvalue weighted by molar-refractivity contribution is 5.99. The molecule has 3 N–H and O–H groups in total. The predicted octanol–water partition coefficient (Wildman–Crippen LogP) is 5.28. The first-order valence-corrected chi connectivity index (χ1v) is 11.6. The van der Waals surface area contributed by atoms with E-state index in [0.29, 0.717) is 6.42 Å². The Hall–Kier alpha value is -4.54. The molecule has 3 aromatic carbocycles. The molecule has 0 fully saturated rings. The Kier molecular flexibility index (Phi) is 7.03. The topological polar surface area (TPSA) is 112 Å².